The average molecular weight is 386 g/mol. The summed E-state index contributed by atoms with van der Waals surface area (Å²) in [5.41, 5.74) is 4.32. The minimum Gasteiger partial charge on any atom is -0.272 e. The van der Waals surface area contributed by atoms with E-state index in [1.165, 1.54) is 12.1 Å². The van der Waals surface area contributed by atoms with Crippen LogP contribution in [0.3, 0.4) is 0 Å². The van der Waals surface area contributed by atoms with Gasteiger partial charge in [0, 0.05) is 0 Å². The van der Waals surface area contributed by atoms with Crippen LogP contribution in [-0.2, 0) is 14.8 Å². The quantitative estimate of drug-likeness (QED) is 0.673. The number of carbonyl (C=O) groups is 2. The fourth-order valence-corrected chi connectivity index (χ4v) is 2.94. The van der Waals surface area contributed by atoms with E-state index in [9.17, 15) is 22.4 Å². The number of sulfonamides is 1. The van der Waals surface area contributed by atoms with E-state index in [2.05, 4.69) is 10.9 Å². The summed E-state index contributed by atoms with van der Waals surface area (Å²) in [7, 11) is -3.98. The maximum Gasteiger partial charge on any atom is 0.271 e. The number of hydrogen-bond donors (Lipinski definition) is 3. The van der Waals surface area contributed by atoms with Crippen LogP contribution in [0.25, 0.3) is 0 Å². The van der Waals surface area contributed by atoms with Crippen molar-refractivity contribution in [3.8, 4) is 0 Å². The molecule has 0 aliphatic carbocycles. The van der Waals surface area contributed by atoms with Crippen LogP contribution >= 0.6 is 11.6 Å². The van der Waals surface area contributed by atoms with Crippen molar-refractivity contribution in [1.82, 2.24) is 15.6 Å². The van der Waals surface area contributed by atoms with Crippen molar-refractivity contribution in [2.45, 2.75) is 4.90 Å². The Balaban J connectivity index is 1.87. The molecule has 25 heavy (non-hydrogen) atoms. The van der Waals surface area contributed by atoms with Crippen LogP contribution in [-0.4, -0.2) is 26.8 Å². The Morgan fingerprint density at radius 1 is 1.00 bits per heavy atom. The molecule has 2 aromatic carbocycles. The number of hydrogen-bond acceptors (Lipinski definition) is 4. The highest BCUT2D eigenvalue weighted by Crippen LogP contribution is 2.14. The van der Waals surface area contributed by atoms with E-state index < -0.39 is 34.2 Å². The van der Waals surface area contributed by atoms with Gasteiger partial charge < -0.3 is 0 Å². The Hall–Kier alpha value is -2.49. The third-order valence-electron chi connectivity index (χ3n) is 2.98. The SMILES string of the molecule is O=C(CNS(=O)(=O)c1ccc(F)cc1)NNC(=O)c1ccccc1Cl. The fourth-order valence-electron chi connectivity index (χ4n) is 1.74. The van der Waals surface area contributed by atoms with E-state index in [1.807, 2.05) is 4.72 Å². The van der Waals surface area contributed by atoms with Crippen molar-refractivity contribution in [3.63, 3.8) is 0 Å². The lowest BCUT2D eigenvalue weighted by Gasteiger charge is -2.09. The summed E-state index contributed by atoms with van der Waals surface area (Å²) >= 11 is 5.84. The first-order chi connectivity index (χ1) is 11.8. The molecule has 0 saturated heterocycles. The second-order valence-corrected chi connectivity index (χ2v) is 6.93. The second-order valence-electron chi connectivity index (χ2n) is 4.76. The molecule has 0 aromatic heterocycles. The fraction of sp³-hybridized carbons (Fsp3) is 0.0667. The van der Waals surface area contributed by atoms with Gasteiger partial charge in [0.25, 0.3) is 11.8 Å². The van der Waals surface area contributed by atoms with E-state index >= 15 is 0 Å². The smallest absolute Gasteiger partial charge is 0.271 e. The Bertz CT molecular complexity index is 888. The minimum atomic E-state index is -3.98. The molecule has 0 bridgehead atoms. The minimum absolute atomic E-state index is 0.149. The van der Waals surface area contributed by atoms with Gasteiger partial charge in [0.2, 0.25) is 10.0 Å². The van der Waals surface area contributed by atoms with Gasteiger partial charge in [-0.1, -0.05) is 23.7 Å². The van der Waals surface area contributed by atoms with Crippen LogP contribution in [0.2, 0.25) is 5.02 Å². The summed E-state index contributed by atoms with van der Waals surface area (Å²) in [6.07, 6.45) is 0. The Morgan fingerprint density at radius 2 is 1.64 bits per heavy atom. The predicted octanol–water partition coefficient (Wildman–Crippen LogP) is 1.22. The number of carbonyl (C=O) groups excluding carboxylic acids is 2. The van der Waals surface area contributed by atoms with Gasteiger partial charge in [-0.15, -0.1) is 0 Å². The lowest BCUT2D eigenvalue weighted by Crippen LogP contribution is -2.46. The van der Waals surface area contributed by atoms with Gasteiger partial charge in [-0.2, -0.15) is 0 Å². The summed E-state index contributed by atoms with van der Waals surface area (Å²) in [6.45, 7) is -0.623. The maximum atomic E-state index is 12.8. The first-order valence-electron chi connectivity index (χ1n) is 6.88. The Labute approximate surface area is 148 Å². The third kappa shape index (κ3) is 5.24. The molecular weight excluding hydrogens is 373 g/mol. The molecule has 0 atom stereocenters. The second kappa shape index (κ2) is 8.06. The molecule has 0 spiro atoms. The molecule has 10 heteroatoms. The zero-order chi connectivity index (χ0) is 18.4. The maximum absolute atomic E-state index is 12.8. The molecule has 3 N–H and O–H groups in total. The predicted molar refractivity (Wildman–Crippen MR) is 88.6 cm³/mol. The monoisotopic (exact) mass is 385 g/mol. The summed E-state index contributed by atoms with van der Waals surface area (Å²) in [5.74, 6) is -2.04. The number of hydrazine groups is 1. The topological polar surface area (TPSA) is 104 Å². The van der Waals surface area contributed by atoms with E-state index in [0.29, 0.717) is 0 Å². The average Bonchev–Trinajstić information content (AvgIpc) is 2.59. The number of nitrogens with one attached hydrogen (secondary N) is 3. The highest BCUT2D eigenvalue weighted by atomic mass is 35.5. The van der Waals surface area contributed by atoms with Crippen LogP contribution in [0, 0.1) is 5.82 Å². The molecule has 132 valence electrons. The van der Waals surface area contributed by atoms with Crippen LogP contribution in [0.1, 0.15) is 10.4 Å². The zero-order valence-electron chi connectivity index (χ0n) is 12.6. The normalized spacial score (nSPS) is 11.0. The van der Waals surface area contributed by atoms with Gasteiger partial charge in [-0.25, -0.2) is 17.5 Å². The van der Waals surface area contributed by atoms with Gasteiger partial charge >= 0.3 is 0 Å². The lowest BCUT2D eigenvalue weighted by molar-refractivity contribution is -0.120. The number of amides is 2. The summed E-state index contributed by atoms with van der Waals surface area (Å²) in [6, 6.07) is 10.3. The molecule has 7 nitrogen and oxygen atoms in total. The molecule has 0 heterocycles. The first-order valence-corrected chi connectivity index (χ1v) is 8.74. The largest absolute Gasteiger partial charge is 0.272 e. The molecule has 0 aliphatic heterocycles. The van der Waals surface area contributed by atoms with Crippen LogP contribution in [0.4, 0.5) is 4.39 Å². The summed E-state index contributed by atoms with van der Waals surface area (Å²) in [5, 5.41) is 0.200. The molecule has 2 amide bonds. The molecule has 0 saturated carbocycles. The van der Waals surface area contributed by atoms with Crippen molar-refractivity contribution in [1.29, 1.82) is 0 Å². The van der Waals surface area contributed by atoms with Crippen LogP contribution < -0.4 is 15.6 Å². The zero-order valence-corrected chi connectivity index (χ0v) is 14.2. The molecule has 0 fully saturated rings. The van der Waals surface area contributed by atoms with Gasteiger partial charge in [0.15, 0.2) is 0 Å². The number of rotatable bonds is 5. The van der Waals surface area contributed by atoms with Crippen molar-refractivity contribution in [3.05, 3.63) is 64.9 Å². The summed E-state index contributed by atoms with van der Waals surface area (Å²) < 4.78 is 38.7. The molecule has 0 radical (unpaired) electrons. The summed E-state index contributed by atoms with van der Waals surface area (Å²) in [4.78, 5) is 23.3. The molecule has 0 unspecified atom stereocenters. The number of halogens is 2. The van der Waals surface area contributed by atoms with Crippen molar-refractivity contribution in [2.75, 3.05) is 6.54 Å². The number of benzene rings is 2. The first kappa shape index (κ1) is 18.8. The van der Waals surface area contributed by atoms with Gasteiger partial charge in [-0.3, -0.25) is 20.4 Å². The van der Waals surface area contributed by atoms with E-state index in [1.54, 1.807) is 12.1 Å². The van der Waals surface area contributed by atoms with Crippen molar-refractivity contribution in [2.24, 2.45) is 0 Å². The van der Waals surface area contributed by atoms with E-state index in [4.69, 9.17) is 11.6 Å². The highest BCUT2D eigenvalue weighted by Gasteiger charge is 2.16. The van der Waals surface area contributed by atoms with Crippen LogP contribution in [0.15, 0.2) is 53.4 Å². The Morgan fingerprint density at radius 3 is 2.28 bits per heavy atom. The van der Waals surface area contributed by atoms with Crippen molar-refractivity contribution >= 4 is 33.4 Å². The standard InChI is InChI=1S/C15H13ClFN3O4S/c16-13-4-2-1-3-12(13)15(22)20-19-14(21)9-18-25(23,24)11-7-5-10(17)6-8-11/h1-8,18H,9H2,(H,19,21)(H,20,22). The van der Waals surface area contributed by atoms with Gasteiger partial charge in [0.05, 0.1) is 22.0 Å². The molecule has 0 aliphatic rings. The molecular formula is C15H13ClFN3O4S. The molecule has 2 rings (SSSR count). The van der Waals surface area contributed by atoms with Gasteiger partial charge in [-0.05, 0) is 36.4 Å². The molecule has 2 aromatic rings. The lowest BCUT2D eigenvalue weighted by atomic mass is 10.2. The van der Waals surface area contributed by atoms with Crippen LogP contribution in [0.5, 0.6) is 0 Å². The van der Waals surface area contributed by atoms with Gasteiger partial charge in [0.1, 0.15) is 5.82 Å². The Kier molecular flexibility index (Phi) is 6.07. The highest BCUT2D eigenvalue weighted by molar-refractivity contribution is 7.89. The third-order valence-corrected chi connectivity index (χ3v) is 4.73. The van der Waals surface area contributed by atoms with Crippen molar-refractivity contribution < 1.29 is 22.4 Å². The van der Waals surface area contributed by atoms with E-state index in [0.717, 1.165) is 24.3 Å². The van der Waals surface area contributed by atoms with E-state index in [-0.39, 0.29) is 15.5 Å².